The second kappa shape index (κ2) is 10.8. The number of carbonyl (C=O) groups is 1. The summed E-state index contributed by atoms with van der Waals surface area (Å²) in [5.74, 6) is -0.968. The molecule has 198 valence electrons. The summed E-state index contributed by atoms with van der Waals surface area (Å²) in [7, 11) is 2.54. The molecule has 0 N–H and O–H groups in total. The molecule has 0 fully saturated rings. The lowest BCUT2D eigenvalue weighted by Crippen LogP contribution is -2.14. The average molecular weight is 598 g/mol. The van der Waals surface area contributed by atoms with Crippen LogP contribution >= 0.6 is 30.1 Å². The van der Waals surface area contributed by atoms with Crippen LogP contribution in [0.2, 0.25) is 5.02 Å². The molecule has 39 heavy (non-hydrogen) atoms. The number of hydrogen-bond acceptors (Lipinski definition) is 4. The van der Waals surface area contributed by atoms with E-state index < -0.39 is 21.8 Å². The highest BCUT2D eigenvalue weighted by atomic mass is 35.5. The minimum atomic E-state index is -4.06. The van der Waals surface area contributed by atoms with Gasteiger partial charge in [-0.05, 0) is 71.3 Å². The lowest BCUT2D eigenvalue weighted by Gasteiger charge is -2.14. The maximum absolute atomic E-state index is 14.2. The van der Waals surface area contributed by atoms with E-state index in [9.17, 15) is 17.6 Å². The number of benzene rings is 4. The largest absolute Gasteiger partial charge is 0.465 e. The van der Waals surface area contributed by atoms with Crippen LogP contribution in [0, 0.1) is 5.82 Å². The molecule has 10 heteroatoms. The first-order valence-corrected chi connectivity index (χ1v) is 14.9. The fraction of sp³-hybridized carbons (Fsp3) is 0.0690. The van der Waals surface area contributed by atoms with Crippen molar-refractivity contribution in [2.75, 3.05) is 7.11 Å². The molecule has 0 saturated heterocycles. The van der Waals surface area contributed by atoms with E-state index in [0.717, 1.165) is 5.56 Å². The normalized spacial score (nSPS) is 11.7. The van der Waals surface area contributed by atoms with Crippen LogP contribution < -0.4 is 0 Å². The van der Waals surface area contributed by atoms with Crippen LogP contribution in [0.1, 0.15) is 21.3 Å². The molecular formula is C29H23ClFNO4P2S. The van der Waals surface area contributed by atoms with Crippen LogP contribution in [0.15, 0.2) is 95.9 Å². The Hall–Kier alpha value is -3.08. The molecule has 0 aliphatic rings. The van der Waals surface area contributed by atoms with Crippen LogP contribution in [0.5, 0.6) is 0 Å². The van der Waals surface area contributed by atoms with E-state index in [1.807, 2.05) is 12.1 Å². The van der Waals surface area contributed by atoms with Gasteiger partial charge < -0.3 is 4.74 Å². The first kappa shape index (κ1) is 27.5. The first-order chi connectivity index (χ1) is 18.6. The average Bonchev–Trinajstić information content (AvgIpc) is 3.32. The Morgan fingerprint density at radius 3 is 2.31 bits per heavy atom. The third kappa shape index (κ3) is 5.25. The summed E-state index contributed by atoms with van der Waals surface area (Å²) in [6.45, 7) is 0. The molecule has 5 aromatic rings. The number of carbonyl (C=O) groups excluding carboxylic acids is 1. The molecule has 5 nitrogen and oxygen atoms in total. The standard InChI is InChI=1S/C29H23ClFNO4P2S/c1-36-28(33)20-7-11-24(25(30)15-20)18-3-2-4-19(13-18)27-16-21-14-22(31)8-12-26(21)32(27)39(34,35)23-9-5-17(6-10-23)29(37)38/h2-16,29H,37-38H2,1H3. The zero-order chi connectivity index (χ0) is 27.9. The number of aromatic nitrogens is 1. The van der Waals surface area contributed by atoms with Gasteiger partial charge in [0.15, 0.2) is 0 Å². The number of fused-ring (bicyclic) bond motifs is 1. The minimum Gasteiger partial charge on any atom is -0.465 e. The van der Waals surface area contributed by atoms with Crippen molar-refractivity contribution in [2.24, 2.45) is 0 Å². The molecule has 5 rings (SSSR count). The maximum Gasteiger partial charge on any atom is 0.337 e. The van der Waals surface area contributed by atoms with Crippen molar-refractivity contribution in [1.82, 2.24) is 3.97 Å². The van der Waals surface area contributed by atoms with E-state index in [4.69, 9.17) is 16.3 Å². The van der Waals surface area contributed by atoms with Crippen LogP contribution in [0.3, 0.4) is 0 Å². The van der Waals surface area contributed by atoms with Gasteiger partial charge >= 0.3 is 5.97 Å². The summed E-state index contributed by atoms with van der Waals surface area (Å²) < 4.78 is 48.2. The number of esters is 1. The van der Waals surface area contributed by atoms with Crippen LogP contribution in [0.25, 0.3) is 33.3 Å². The van der Waals surface area contributed by atoms with Gasteiger partial charge in [0.2, 0.25) is 0 Å². The van der Waals surface area contributed by atoms with E-state index in [1.54, 1.807) is 54.6 Å². The molecule has 0 spiro atoms. The Kier molecular flexibility index (Phi) is 7.63. The monoisotopic (exact) mass is 597 g/mol. The van der Waals surface area contributed by atoms with Gasteiger partial charge in [0.1, 0.15) is 5.82 Å². The minimum absolute atomic E-state index is 0.0870. The van der Waals surface area contributed by atoms with Gasteiger partial charge in [-0.3, -0.25) is 0 Å². The first-order valence-electron chi connectivity index (χ1n) is 11.8. The van der Waals surface area contributed by atoms with Crippen molar-refractivity contribution in [3.8, 4) is 22.4 Å². The number of hydrogen-bond donors (Lipinski definition) is 0. The van der Waals surface area contributed by atoms with E-state index in [2.05, 4.69) is 18.5 Å². The quantitative estimate of drug-likeness (QED) is 0.150. The lowest BCUT2D eigenvalue weighted by atomic mass is 10.0. The third-order valence-corrected chi connectivity index (χ3v) is 9.21. The summed E-state index contributed by atoms with van der Waals surface area (Å²) in [6, 6.07) is 24.4. The maximum atomic E-state index is 14.2. The summed E-state index contributed by atoms with van der Waals surface area (Å²) >= 11 is 6.51. The highest BCUT2D eigenvalue weighted by Crippen LogP contribution is 2.37. The van der Waals surface area contributed by atoms with Crippen molar-refractivity contribution in [1.29, 1.82) is 0 Å². The van der Waals surface area contributed by atoms with Crippen LogP contribution in [0.4, 0.5) is 4.39 Å². The van der Waals surface area contributed by atoms with Gasteiger partial charge in [-0.15, -0.1) is 18.5 Å². The zero-order valence-electron chi connectivity index (χ0n) is 20.6. The second-order valence-corrected chi connectivity index (χ2v) is 13.3. The van der Waals surface area contributed by atoms with Gasteiger partial charge in [-0.2, -0.15) is 0 Å². The molecule has 2 atom stereocenters. The molecule has 0 saturated carbocycles. The van der Waals surface area contributed by atoms with Gasteiger partial charge in [0.05, 0.1) is 28.8 Å². The van der Waals surface area contributed by atoms with Gasteiger partial charge in [-0.25, -0.2) is 21.6 Å². The molecular weight excluding hydrogens is 575 g/mol. The number of ether oxygens (including phenoxy) is 1. The number of methoxy groups -OCH3 is 1. The van der Waals surface area contributed by atoms with Gasteiger partial charge in [-0.1, -0.05) is 48.0 Å². The molecule has 0 radical (unpaired) electrons. The van der Waals surface area contributed by atoms with E-state index >= 15 is 0 Å². The molecule has 4 aromatic carbocycles. The van der Waals surface area contributed by atoms with Crippen molar-refractivity contribution in [3.63, 3.8) is 0 Å². The molecule has 1 aromatic heterocycles. The van der Waals surface area contributed by atoms with Crippen LogP contribution in [-0.4, -0.2) is 25.5 Å². The van der Waals surface area contributed by atoms with Crippen molar-refractivity contribution < 1.29 is 22.3 Å². The second-order valence-electron chi connectivity index (χ2n) is 8.86. The summed E-state index contributed by atoms with van der Waals surface area (Å²) in [4.78, 5) is 12.0. The van der Waals surface area contributed by atoms with E-state index in [-0.39, 0.29) is 10.3 Å². The molecule has 0 bridgehead atoms. The van der Waals surface area contributed by atoms with Crippen molar-refractivity contribution in [3.05, 3.63) is 113 Å². The highest BCUT2D eigenvalue weighted by molar-refractivity contribution is 7.90. The smallest absolute Gasteiger partial charge is 0.337 e. The van der Waals surface area contributed by atoms with Crippen LogP contribution in [-0.2, 0) is 14.8 Å². The third-order valence-electron chi connectivity index (χ3n) is 6.38. The Bertz CT molecular complexity index is 1840. The molecule has 1 heterocycles. The summed E-state index contributed by atoms with van der Waals surface area (Å²) in [6.07, 6.45) is 0. The van der Waals surface area contributed by atoms with Crippen molar-refractivity contribution in [2.45, 2.75) is 10.3 Å². The SMILES string of the molecule is COC(=O)c1ccc(-c2cccc(-c3cc4cc(F)ccc4n3S(=O)(=O)c3ccc(C(P)P)cc3)c2)c(Cl)c1. The van der Waals surface area contributed by atoms with Gasteiger partial charge in [0.25, 0.3) is 10.0 Å². The Labute approximate surface area is 235 Å². The fourth-order valence-electron chi connectivity index (χ4n) is 4.43. The van der Waals surface area contributed by atoms with E-state index in [1.165, 1.54) is 35.3 Å². The Morgan fingerprint density at radius 2 is 1.64 bits per heavy atom. The topological polar surface area (TPSA) is 65.4 Å². The predicted octanol–water partition coefficient (Wildman–Crippen LogP) is 7.54. The zero-order valence-corrected chi connectivity index (χ0v) is 24.5. The predicted molar refractivity (Wildman–Crippen MR) is 160 cm³/mol. The fourth-order valence-corrected chi connectivity index (χ4v) is 6.70. The lowest BCUT2D eigenvalue weighted by molar-refractivity contribution is 0.0600. The van der Waals surface area contributed by atoms with E-state index in [0.29, 0.717) is 43.9 Å². The molecule has 0 amide bonds. The molecule has 0 aliphatic heterocycles. The number of nitrogens with zero attached hydrogens (tertiary/aromatic N) is 1. The highest BCUT2D eigenvalue weighted by Gasteiger charge is 2.25. The number of rotatable bonds is 6. The van der Waals surface area contributed by atoms with Gasteiger partial charge in [0, 0.05) is 21.4 Å². The number of halogens is 2. The molecule has 2 unspecified atom stereocenters. The Morgan fingerprint density at radius 1 is 0.923 bits per heavy atom. The summed E-state index contributed by atoms with van der Waals surface area (Å²) in [5.41, 5.74) is 3.96. The Balaban J connectivity index is 1.68. The molecule has 0 aliphatic carbocycles. The van der Waals surface area contributed by atoms with Crippen molar-refractivity contribution >= 4 is 57.0 Å². The summed E-state index contributed by atoms with van der Waals surface area (Å²) in [5, 5.41) is 0.877.